The highest BCUT2D eigenvalue weighted by atomic mass is 35.5. The summed E-state index contributed by atoms with van der Waals surface area (Å²) >= 11 is 6.87. The van der Waals surface area contributed by atoms with Gasteiger partial charge in [0.2, 0.25) is 5.13 Å². The van der Waals surface area contributed by atoms with Gasteiger partial charge in [-0.25, -0.2) is 17.7 Å². The standard InChI is InChI=1S/C17H13ClF2N4O2S2/c1-2-21-28(26)11-7-12(14(20)13(18)8-11)15(25)22-17-24-23-16(27-17)9-3-5-10(19)6-4-9/h3-8,21H,2H2,1H3,(H,22,24,25). The molecule has 11 heteroatoms. The lowest BCUT2D eigenvalue weighted by Crippen LogP contribution is -2.19. The van der Waals surface area contributed by atoms with Gasteiger partial charge in [0.25, 0.3) is 5.91 Å². The number of hydrogen-bond acceptors (Lipinski definition) is 5. The van der Waals surface area contributed by atoms with Crippen LogP contribution in [0.15, 0.2) is 41.3 Å². The van der Waals surface area contributed by atoms with E-state index in [-0.39, 0.29) is 26.4 Å². The van der Waals surface area contributed by atoms with Crippen molar-refractivity contribution in [2.45, 2.75) is 11.8 Å². The van der Waals surface area contributed by atoms with Crippen molar-refractivity contribution in [1.82, 2.24) is 14.9 Å². The zero-order valence-corrected chi connectivity index (χ0v) is 16.7. The fourth-order valence-corrected chi connectivity index (χ4v) is 4.10. The number of carbonyl (C=O) groups excluding carboxylic acids is 1. The lowest BCUT2D eigenvalue weighted by Gasteiger charge is -2.08. The molecule has 1 unspecified atom stereocenters. The Bertz CT molecular complexity index is 1040. The van der Waals surface area contributed by atoms with Crippen LogP contribution in [-0.4, -0.2) is 26.9 Å². The molecule has 0 saturated carbocycles. The minimum absolute atomic E-state index is 0.123. The maximum atomic E-state index is 14.3. The molecule has 3 rings (SSSR count). The molecular formula is C17H13ClF2N4O2S2. The first-order valence-electron chi connectivity index (χ1n) is 7.94. The van der Waals surface area contributed by atoms with E-state index in [9.17, 15) is 17.8 Å². The molecule has 0 radical (unpaired) electrons. The van der Waals surface area contributed by atoms with Crippen molar-refractivity contribution in [3.05, 3.63) is 58.6 Å². The summed E-state index contributed by atoms with van der Waals surface area (Å²) < 4.78 is 42.1. The highest BCUT2D eigenvalue weighted by molar-refractivity contribution is 7.83. The Morgan fingerprint density at radius 3 is 2.61 bits per heavy atom. The number of halogens is 3. The van der Waals surface area contributed by atoms with Crippen LogP contribution in [0.2, 0.25) is 5.02 Å². The third-order valence-electron chi connectivity index (χ3n) is 3.47. The van der Waals surface area contributed by atoms with E-state index in [2.05, 4.69) is 20.2 Å². The quantitative estimate of drug-likeness (QED) is 0.604. The predicted octanol–water partition coefficient (Wildman–Crippen LogP) is 4.02. The molecule has 0 aliphatic heterocycles. The van der Waals surface area contributed by atoms with E-state index in [1.807, 2.05) is 0 Å². The first-order valence-corrected chi connectivity index (χ1v) is 10.3. The van der Waals surface area contributed by atoms with Crippen LogP contribution in [0.4, 0.5) is 13.9 Å². The summed E-state index contributed by atoms with van der Waals surface area (Å²) in [6.07, 6.45) is 0. The minimum atomic E-state index is -1.64. The molecule has 1 heterocycles. The van der Waals surface area contributed by atoms with E-state index >= 15 is 0 Å². The van der Waals surface area contributed by atoms with E-state index < -0.39 is 22.7 Å². The van der Waals surface area contributed by atoms with Crippen LogP contribution < -0.4 is 10.0 Å². The Morgan fingerprint density at radius 1 is 1.21 bits per heavy atom. The third kappa shape index (κ3) is 4.58. The van der Waals surface area contributed by atoms with E-state index in [1.165, 1.54) is 30.3 Å². The first kappa shape index (κ1) is 20.5. The zero-order chi connectivity index (χ0) is 20.3. The number of anilines is 1. The van der Waals surface area contributed by atoms with Gasteiger partial charge in [-0.05, 0) is 36.4 Å². The fraction of sp³-hybridized carbons (Fsp3) is 0.118. The molecule has 0 fully saturated rings. The average molecular weight is 443 g/mol. The van der Waals surface area contributed by atoms with Crippen molar-refractivity contribution in [2.24, 2.45) is 0 Å². The van der Waals surface area contributed by atoms with Crippen LogP contribution in [0.1, 0.15) is 17.3 Å². The summed E-state index contributed by atoms with van der Waals surface area (Å²) in [6.45, 7) is 2.17. The second-order valence-corrected chi connectivity index (χ2v) is 8.09. The second-order valence-electron chi connectivity index (χ2n) is 5.41. The van der Waals surface area contributed by atoms with Crippen LogP contribution in [-0.2, 0) is 11.0 Å². The smallest absolute Gasteiger partial charge is 0.260 e. The second kappa shape index (κ2) is 8.82. The molecular weight excluding hydrogens is 430 g/mol. The molecule has 1 aromatic heterocycles. The van der Waals surface area contributed by atoms with E-state index in [0.717, 1.165) is 17.4 Å². The highest BCUT2D eigenvalue weighted by Crippen LogP contribution is 2.28. The van der Waals surface area contributed by atoms with Gasteiger partial charge < -0.3 is 0 Å². The molecule has 0 saturated heterocycles. The molecule has 1 atom stereocenters. The van der Waals surface area contributed by atoms with Crippen molar-refractivity contribution in [2.75, 3.05) is 11.9 Å². The van der Waals surface area contributed by atoms with Crippen LogP contribution in [0.3, 0.4) is 0 Å². The molecule has 0 aliphatic carbocycles. The predicted molar refractivity (Wildman–Crippen MR) is 105 cm³/mol. The number of rotatable bonds is 6. The summed E-state index contributed by atoms with van der Waals surface area (Å²) in [5, 5.41) is 10.5. The molecule has 3 aromatic rings. The Balaban J connectivity index is 1.83. The monoisotopic (exact) mass is 442 g/mol. The lowest BCUT2D eigenvalue weighted by atomic mass is 10.2. The SMILES string of the molecule is CCNS(=O)c1cc(Cl)c(F)c(C(=O)Nc2nnc(-c3ccc(F)cc3)s2)c1. The van der Waals surface area contributed by atoms with Crippen LogP contribution in [0.25, 0.3) is 10.6 Å². The Morgan fingerprint density at radius 2 is 1.93 bits per heavy atom. The maximum absolute atomic E-state index is 14.3. The molecule has 28 heavy (non-hydrogen) atoms. The van der Waals surface area contributed by atoms with Crippen LogP contribution >= 0.6 is 22.9 Å². The van der Waals surface area contributed by atoms with Crippen molar-refractivity contribution in [3.63, 3.8) is 0 Å². The number of benzene rings is 2. The number of aromatic nitrogens is 2. The van der Waals surface area contributed by atoms with Gasteiger partial charge in [0.05, 0.1) is 15.5 Å². The van der Waals surface area contributed by atoms with E-state index in [1.54, 1.807) is 6.92 Å². The van der Waals surface area contributed by atoms with Crippen LogP contribution in [0, 0.1) is 11.6 Å². The van der Waals surface area contributed by atoms with Crippen LogP contribution in [0.5, 0.6) is 0 Å². The van der Waals surface area contributed by atoms with Gasteiger partial charge in [-0.3, -0.25) is 10.1 Å². The summed E-state index contributed by atoms with van der Waals surface area (Å²) in [5.74, 6) is -2.12. The van der Waals surface area contributed by atoms with Gasteiger partial charge in [0.15, 0.2) is 5.82 Å². The van der Waals surface area contributed by atoms with E-state index in [4.69, 9.17) is 11.6 Å². The van der Waals surface area contributed by atoms with E-state index in [0.29, 0.717) is 17.1 Å². The molecule has 146 valence electrons. The summed E-state index contributed by atoms with van der Waals surface area (Å²) in [4.78, 5) is 12.6. The van der Waals surface area contributed by atoms with Crippen molar-refractivity contribution >= 4 is 45.0 Å². The van der Waals surface area contributed by atoms with Gasteiger partial charge in [-0.15, -0.1) is 10.2 Å². The van der Waals surface area contributed by atoms with Crippen molar-refractivity contribution in [3.8, 4) is 10.6 Å². The fourth-order valence-electron chi connectivity index (χ4n) is 2.20. The molecule has 6 nitrogen and oxygen atoms in total. The maximum Gasteiger partial charge on any atom is 0.260 e. The number of nitrogens with one attached hydrogen (secondary N) is 2. The molecule has 1 amide bonds. The minimum Gasteiger partial charge on any atom is -0.296 e. The Hall–Kier alpha value is -2.27. The van der Waals surface area contributed by atoms with Gasteiger partial charge in [-0.1, -0.05) is 29.9 Å². The highest BCUT2D eigenvalue weighted by Gasteiger charge is 2.20. The molecule has 2 aromatic carbocycles. The first-order chi connectivity index (χ1) is 13.4. The summed E-state index contributed by atoms with van der Waals surface area (Å²) in [7, 11) is -1.64. The van der Waals surface area contributed by atoms with Crippen molar-refractivity contribution < 1.29 is 17.8 Å². The molecule has 0 spiro atoms. The molecule has 0 bridgehead atoms. The number of carbonyl (C=O) groups is 1. The largest absolute Gasteiger partial charge is 0.296 e. The van der Waals surface area contributed by atoms with Gasteiger partial charge in [0.1, 0.15) is 21.8 Å². The summed E-state index contributed by atoms with van der Waals surface area (Å²) in [5.41, 5.74) is 0.254. The third-order valence-corrected chi connectivity index (χ3v) is 5.85. The normalized spacial score (nSPS) is 12.0. The van der Waals surface area contributed by atoms with Gasteiger partial charge >= 0.3 is 0 Å². The Labute approximate surface area is 170 Å². The zero-order valence-electron chi connectivity index (χ0n) is 14.3. The lowest BCUT2D eigenvalue weighted by molar-refractivity contribution is 0.102. The number of hydrogen-bond donors (Lipinski definition) is 2. The number of nitrogens with zero attached hydrogens (tertiary/aromatic N) is 2. The molecule has 2 N–H and O–H groups in total. The Kier molecular flexibility index (Phi) is 6.45. The number of amides is 1. The van der Waals surface area contributed by atoms with Crippen molar-refractivity contribution in [1.29, 1.82) is 0 Å². The average Bonchev–Trinajstić information content (AvgIpc) is 3.12. The topological polar surface area (TPSA) is 84.0 Å². The molecule has 0 aliphatic rings. The van der Waals surface area contributed by atoms with Gasteiger partial charge in [0, 0.05) is 12.1 Å². The van der Waals surface area contributed by atoms with Gasteiger partial charge in [-0.2, -0.15) is 0 Å². The summed E-state index contributed by atoms with van der Waals surface area (Å²) in [6, 6.07) is 7.98.